The number of piperidine rings is 1. The molecule has 2 aromatic carbocycles. The molecule has 5 heteroatoms. The number of rotatable bonds is 9. The number of likely N-dealkylation sites (tertiary alicyclic amines) is 1. The summed E-state index contributed by atoms with van der Waals surface area (Å²) >= 11 is 0. The average Bonchev–Trinajstić information content (AvgIpc) is 2.70. The molecule has 0 atom stereocenters. The normalized spacial score (nSPS) is 16.6. The number of nitrogens with zero attached hydrogens (tertiary/aromatic N) is 2. The predicted octanol–water partition coefficient (Wildman–Crippen LogP) is 3.65. The molecule has 1 saturated heterocycles. The zero-order chi connectivity index (χ0) is 21.6. The first-order valence-corrected chi connectivity index (χ1v) is 10.8. The van der Waals surface area contributed by atoms with Crippen molar-refractivity contribution in [2.45, 2.75) is 38.8 Å². The first kappa shape index (κ1) is 22.6. The zero-order valence-electron chi connectivity index (χ0n) is 18.9. The van der Waals surface area contributed by atoms with Crippen LogP contribution in [-0.2, 0) is 6.54 Å². The molecule has 0 aromatic heterocycles. The van der Waals surface area contributed by atoms with E-state index in [-0.39, 0.29) is 0 Å². The standard InChI is InChI=1S/C25H36N2O3/c1-20-5-10-24(21(2)17-20)30-19-25(28)11-13-27(14-12-25)18-22-6-8-23(9-7-22)29-16-15-26(3)4/h5-10,17,28H,11-16,18-19H2,1-4H3. The fourth-order valence-electron chi connectivity index (χ4n) is 3.74. The molecular formula is C25H36N2O3. The second kappa shape index (κ2) is 10.3. The van der Waals surface area contributed by atoms with Gasteiger partial charge in [-0.25, -0.2) is 0 Å². The van der Waals surface area contributed by atoms with Gasteiger partial charge in [0.25, 0.3) is 0 Å². The van der Waals surface area contributed by atoms with Gasteiger partial charge in [0.05, 0.1) is 0 Å². The minimum atomic E-state index is -0.752. The molecule has 1 aliphatic heterocycles. The Morgan fingerprint density at radius 3 is 2.33 bits per heavy atom. The Balaban J connectivity index is 1.43. The zero-order valence-corrected chi connectivity index (χ0v) is 18.9. The number of aryl methyl sites for hydroxylation is 2. The van der Waals surface area contributed by atoms with Gasteiger partial charge in [0.15, 0.2) is 0 Å². The molecule has 5 nitrogen and oxygen atoms in total. The van der Waals surface area contributed by atoms with E-state index in [1.54, 1.807) is 0 Å². The lowest BCUT2D eigenvalue weighted by molar-refractivity contribution is -0.0538. The van der Waals surface area contributed by atoms with Crippen molar-refractivity contribution in [1.29, 1.82) is 0 Å². The Bertz CT molecular complexity index is 797. The molecule has 3 rings (SSSR count). The van der Waals surface area contributed by atoms with Crippen LogP contribution in [0.3, 0.4) is 0 Å². The molecule has 0 spiro atoms. The van der Waals surface area contributed by atoms with Gasteiger partial charge in [-0.3, -0.25) is 4.90 Å². The van der Waals surface area contributed by atoms with Crippen molar-refractivity contribution in [2.24, 2.45) is 0 Å². The molecule has 0 saturated carbocycles. The lowest BCUT2D eigenvalue weighted by Crippen LogP contribution is -2.47. The van der Waals surface area contributed by atoms with E-state index in [2.05, 4.69) is 34.9 Å². The van der Waals surface area contributed by atoms with Crippen molar-refractivity contribution < 1.29 is 14.6 Å². The maximum Gasteiger partial charge on any atom is 0.122 e. The monoisotopic (exact) mass is 412 g/mol. The molecule has 1 heterocycles. The number of hydrogen-bond acceptors (Lipinski definition) is 5. The summed E-state index contributed by atoms with van der Waals surface area (Å²) in [5.74, 6) is 1.78. The van der Waals surface area contributed by atoms with E-state index in [1.165, 1.54) is 11.1 Å². The van der Waals surface area contributed by atoms with Gasteiger partial charge in [-0.15, -0.1) is 0 Å². The van der Waals surface area contributed by atoms with E-state index in [9.17, 15) is 5.11 Å². The van der Waals surface area contributed by atoms with Gasteiger partial charge < -0.3 is 19.5 Å². The first-order chi connectivity index (χ1) is 14.3. The smallest absolute Gasteiger partial charge is 0.122 e. The third-order valence-electron chi connectivity index (χ3n) is 5.75. The molecule has 30 heavy (non-hydrogen) atoms. The fourth-order valence-corrected chi connectivity index (χ4v) is 3.74. The third kappa shape index (κ3) is 6.73. The summed E-state index contributed by atoms with van der Waals surface area (Å²) in [4.78, 5) is 4.51. The molecule has 0 aliphatic carbocycles. The number of aliphatic hydroxyl groups is 1. The predicted molar refractivity (Wildman–Crippen MR) is 121 cm³/mol. The van der Waals surface area contributed by atoms with Crippen molar-refractivity contribution in [3.8, 4) is 11.5 Å². The highest BCUT2D eigenvalue weighted by Crippen LogP contribution is 2.26. The third-order valence-corrected chi connectivity index (χ3v) is 5.75. The van der Waals surface area contributed by atoms with Crippen LogP contribution in [0.4, 0.5) is 0 Å². The van der Waals surface area contributed by atoms with Crippen molar-refractivity contribution in [3.05, 3.63) is 59.2 Å². The molecule has 164 valence electrons. The van der Waals surface area contributed by atoms with E-state index in [1.807, 2.05) is 45.3 Å². The Morgan fingerprint density at radius 1 is 1.00 bits per heavy atom. The van der Waals surface area contributed by atoms with E-state index in [4.69, 9.17) is 9.47 Å². The van der Waals surface area contributed by atoms with Crippen LogP contribution >= 0.6 is 0 Å². The van der Waals surface area contributed by atoms with Crippen molar-refractivity contribution in [2.75, 3.05) is 46.9 Å². The minimum Gasteiger partial charge on any atom is -0.492 e. The SMILES string of the molecule is Cc1ccc(OCC2(O)CCN(Cc3ccc(OCCN(C)C)cc3)CC2)c(C)c1. The number of hydrogen-bond donors (Lipinski definition) is 1. The van der Waals surface area contributed by atoms with Gasteiger partial charge in [0.1, 0.15) is 30.3 Å². The lowest BCUT2D eigenvalue weighted by atomic mass is 9.92. The van der Waals surface area contributed by atoms with Crippen LogP contribution in [0.5, 0.6) is 11.5 Å². The van der Waals surface area contributed by atoms with E-state index >= 15 is 0 Å². The molecule has 0 radical (unpaired) electrons. The Morgan fingerprint density at radius 2 is 1.70 bits per heavy atom. The van der Waals surface area contributed by atoms with Crippen LogP contribution in [0.25, 0.3) is 0 Å². The summed E-state index contributed by atoms with van der Waals surface area (Å²) in [7, 11) is 4.09. The van der Waals surface area contributed by atoms with Crippen LogP contribution in [0, 0.1) is 13.8 Å². The van der Waals surface area contributed by atoms with E-state index in [0.717, 1.165) is 56.1 Å². The second-order valence-electron chi connectivity index (χ2n) is 8.85. The maximum absolute atomic E-state index is 10.9. The summed E-state index contributed by atoms with van der Waals surface area (Å²) in [6.45, 7) is 8.71. The van der Waals surface area contributed by atoms with Gasteiger partial charge in [0, 0.05) is 26.2 Å². The quantitative estimate of drug-likeness (QED) is 0.681. The topological polar surface area (TPSA) is 45.2 Å². The Labute approximate surface area is 181 Å². The lowest BCUT2D eigenvalue weighted by Gasteiger charge is -2.38. The molecule has 2 aromatic rings. The van der Waals surface area contributed by atoms with E-state index in [0.29, 0.717) is 13.2 Å². The molecule has 0 bridgehead atoms. The molecule has 0 unspecified atom stereocenters. The highest BCUT2D eigenvalue weighted by Gasteiger charge is 2.33. The van der Waals surface area contributed by atoms with Crippen LogP contribution in [0.15, 0.2) is 42.5 Å². The highest BCUT2D eigenvalue weighted by molar-refractivity contribution is 5.35. The van der Waals surface area contributed by atoms with Gasteiger partial charge in [-0.2, -0.15) is 0 Å². The number of likely N-dealkylation sites (N-methyl/N-ethyl adjacent to an activating group) is 1. The Kier molecular flexibility index (Phi) is 7.75. The molecular weight excluding hydrogens is 376 g/mol. The summed E-state index contributed by atoms with van der Waals surface area (Å²) in [6, 6.07) is 14.5. The van der Waals surface area contributed by atoms with Crippen molar-refractivity contribution in [1.82, 2.24) is 9.80 Å². The molecule has 0 amide bonds. The first-order valence-electron chi connectivity index (χ1n) is 10.8. The molecule has 1 fully saturated rings. The van der Waals surface area contributed by atoms with Crippen LogP contribution in [-0.4, -0.2) is 67.5 Å². The van der Waals surface area contributed by atoms with Crippen LogP contribution in [0.1, 0.15) is 29.5 Å². The number of benzene rings is 2. The van der Waals surface area contributed by atoms with Gasteiger partial charge in [0.2, 0.25) is 0 Å². The van der Waals surface area contributed by atoms with Crippen LogP contribution < -0.4 is 9.47 Å². The van der Waals surface area contributed by atoms with Gasteiger partial charge >= 0.3 is 0 Å². The summed E-state index contributed by atoms with van der Waals surface area (Å²) in [6.07, 6.45) is 1.45. The summed E-state index contributed by atoms with van der Waals surface area (Å²) < 4.78 is 11.7. The van der Waals surface area contributed by atoms with E-state index < -0.39 is 5.60 Å². The Hall–Kier alpha value is -2.08. The van der Waals surface area contributed by atoms with Crippen LogP contribution in [0.2, 0.25) is 0 Å². The molecule has 1 aliphatic rings. The van der Waals surface area contributed by atoms with Gasteiger partial charge in [-0.05, 0) is 70.1 Å². The fraction of sp³-hybridized carbons (Fsp3) is 0.520. The summed E-state index contributed by atoms with van der Waals surface area (Å²) in [5.41, 5.74) is 2.86. The summed E-state index contributed by atoms with van der Waals surface area (Å²) in [5, 5.41) is 10.9. The number of ether oxygens (including phenoxy) is 2. The minimum absolute atomic E-state index is 0.351. The average molecular weight is 413 g/mol. The molecule has 1 N–H and O–H groups in total. The van der Waals surface area contributed by atoms with Crippen molar-refractivity contribution >= 4 is 0 Å². The second-order valence-corrected chi connectivity index (χ2v) is 8.85. The highest BCUT2D eigenvalue weighted by atomic mass is 16.5. The van der Waals surface area contributed by atoms with Crippen molar-refractivity contribution in [3.63, 3.8) is 0 Å². The van der Waals surface area contributed by atoms with Gasteiger partial charge in [-0.1, -0.05) is 29.8 Å². The maximum atomic E-state index is 10.9. The largest absolute Gasteiger partial charge is 0.492 e.